The summed E-state index contributed by atoms with van der Waals surface area (Å²) in [6.45, 7) is 7.05. The van der Waals surface area contributed by atoms with Gasteiger partial charge in [0.05, 0.1) is 10.2 Å². The molecule has 0 atom stereocenters. The molecule has 0 unspecified atom stereocenters. The predicted molar refractivity (Wildman–Crippen MR) is 95.2 cm³/mol. The molecule has 0 saturated heterocycles. The molecule has 4 heteroatoms. The van der Waals surface area contributed by atoms with Gasteiger partial charge in [0, 0.05) is 12.8 Å². The van der Waals surface area contributed by atoms with Crippen molar-refractivity contribution in [3.63, 3.8) is 0 Å². The Hall–Kier alpha value is -1.42. The van der Waals surface area contributed by atoms with E-state index < -0.39 is 0 Å². The number of aryl methyl sites for hydroxylation is 1. The van der Waals surface area contributed by atoms with E-state index in [0.29, 0.717) is 5.41 Å². The Morgan fingerprint density at radius 1 is 1.09 bits per heavy atom. The van der Waals surface area contributed by atoms with Crippen LogP contribution >= 0.6 is 11.3 Å². The predicted octanol–water partition coefficient (Wildman–Crippen LogP) is 4.73. The molecule has 22 heavy (non-hydrogen) atoms. The maximum Gasteiger partial charge on any atom is 0.211 e. The van der Waals surface area contributed by atoms with Gasteiger partial charge in [-0.05, 0) is 49.1 Å². The minimum atomic E-state index is 0.417. The SMILES string of the molecule is Cn1/c(=N/N=C2CCC(C(C)(C)C)CC2)sc2ccccc21. The molecule has 0 spiro atoms. The number of aromatic nitrogens is 1. The summed E-state index contributed by atoms with van der Waals surface area (Å²) < 4.78 is 3.39. The Labute approximate surface area is 136 Å². The topological polar surface area (TPSA) is 29.6 Å². The van der Waals surface area contributed by atoms with E-state index in [1.54, 1.807) is 11.3 Å². The first kappa shape index (κ1) is 15.5. The van der Waals surface area contributed by atoms with Crippen LogP contribution in [0.15, 0.2) is 34.5 Å². The van der Waals surface area contributed by atoms with Crippen molar-refractivity contribution < 1.29 is 0 Å². The van der Waals surface area contributed by atoms with Gasteiger partial charge in [-0.1, -0.05) is 44.2 Å². The third kappa shape index (κ3) is 3.17. The van der Waals surface area contributed by atoms with Crippen molar-refractivity contribution in [2.45, 2.75) is 46.5 Å². The van der Waals surface area contributed by atoms with Gasteiger partial charge in [0.15, 0.2) is 0 Å². The zero-order chi connectivity index (χ0) is 15.7. The van der Waals surface area contributed by atoms with Crippen molar-refractivity contribution in [3.05, 3.63) is 29.1 Å². The summed E-state index contributed by atoms with van der Waals surface area (Å²) in [5, 5.41) is 9.08. The van der Waals surface area contributed by atoms with E-state index in [1.165, 1.54) is 28.8 Å². The van der Waals surface area contributed by atoms with Crippen LogP contribution < -0.4 is 4.80 Å². The van der Waals surface area contributed by atoms with E-state index >= 15 is 0 Å². The highest BCUT2D eigenvalue weighted by atomic mass is 32.1. The molecule has 1 aromatic heterocycles. The lowest BCUT2D eigenvalue weighted by molar-refractivity contribution is 0.208. The largest absolute Gasteiger partial charge is 0.318 e. The van der Waals surface area contributed by atoms with Crippen molar-refractivity contribution >= 4 is 27.3 Å². The van der Waals surface area contributed by atoms with Gasteiger partial charge in [0.2, 0.25) is 4.80 Å². The normalized spacial score (nSPS) is 20.6. The highest BCUT2D eigenvalue weighted by molar-refractivity contribution is 7.16. The van der Waals surface area contributed by atoms with Crippen LogP contribution in [0.1, 0.15) is 46.5 Å². The Bertz CT molecular complexity index is 748. The lowest BCUT2D eigenvalue weighted by atomic mass is 9.72. The number of thiazole rings is 1. The first-order valence-corrected chi connectivity index (χ1v) is 8.91. The second kappa shape index (κ2) is 5.99. The second-order valence-electron chi connectivity index (χ2n) is 7.32. The van der Waals surface area contributed by atoms with Gasteiger partial charge in [-0.2, -0.15) is 5.10 Å². The average Bonchev–Trinajstić information content (AvgIpc) is 2.82. The fourth-order valence-electron chi connectivity index (χ4n) is 3.21. The minimum Gasteiger partial charge on any atom is -0.318 e. The van der Waals surface area contributed by atoms with Crippen molar-refractivity contribution in [3.8, 4) is 0 Å². The van der Waals surface area contributed by atoms with Crippen LogP contribution in [0.3, 0.4) is 0 Å². The second-order valence-corrected chi connectivity index (χ2v) is 8.33. The molecule has 2 aromatic rings. The Morgan fingerprint density at radius 3 is 2.41 bits per heavy atom. The lowest BCUT2D eigenvalue weighted by Gasteiger charge is -2.34. The third-order valence-electron chi connectivity index (χ3n) is 4.78. The quantitative estimate of drug-likeness (QED) is 0.681. The van der Waals surface area contributed by atoms with Gasteiger partial charge in [0.25, 0.3) is 0 Å². The number of benzene rings is 1. The van der Waals surface area contributed by atoms with Crippen LogP contribution in [0, 0.1) is 11.3 Å². The van der Waals surface area contributed by atoms with Crippen LogP contribution in [0.5, 0.6) is 0 Å². The fraction of sp³-hybridized carbons (Fsp3) is 0.556. The summed E-state index contributed by atoms with van der Waals surface area (Å²) in [4.78, 5) is 0.978. The molecule has 1 aliphatic carbocycles. The number of nitrogens with zero attached hydrogens (tertiary/aromatic N) is 3. The zero-order valence-electron chi connectivity index (χ0n) is 14.0. The molecule has 1 saturated carbocycles. The number of hydrogen-bond donors (Lipinski definition) is 0. The number of hydrogen-bond acceptors (Lipinski definition) is 3. The Morgan fingerprint density at radius 2 is 1.77 bits per heavy atom. The zero-order valence-corrected chi connectivity index (χ0v) is 14.8. The summed E-state index contributed by atoms with van der Waals surface area (Å²) in [6, 6.07) is 8.41. The molecule has 3 rings (SSSR count). The minimum absolute atomic E-state index is 0.417. The fourth-order valence-corrected chi connectivity index (χ4v) is 4.18. The molecule has 0 N–H and O–H groups in total. The van der Waals surface area contributed by atoms with Crippen LogP contribution in [0.25, 0.3) is 10.2 Å². The van der Waals surface area contributed by atoms with Crippen molar-refractivity contribution in [2.24, 2.45) is 28.6 Å². The summed E-state index contributed by atoms with van der Waals surface area (Å²) in [5.74, 6) is 0.812. The van der Waals surface area contributed by atoms with E-state index in [2.05, 4.69) is 66.9 Å². The van der Waals surface area contributed by atoms with Crippen LogP contribution in [0.2, 0.25) is 0 Å². The molecule has 0 aliphatic heterocycles. The van der Waals surface area contributed by atoms with Crippen LogP contribution in [-0.2, 0) is 7.05 Å². The number of rotatable bonds is 1. The molecule has 0 amide bonds. The van der Waals surface area contributed by atoms with E-state index in [4.69, 9.17) is 0 Å². The van der Waals surface area contributed by atoms with E-state index in [1.807, 2.05) is 0 Å². The maximum atomic E-state index is 4.56. The van der Waals surface area contributed by atoms with Crippen molar-refractivity contribution in [1.82, 2.24) is 4.57 Å². The number of para-hydroxylation sites is 1. The third-order valence-corrected chi connectivity index (χ3v) is 5.88. The lowest BCUT2D eigenvalue weighted by Crippen LogP contribution is -2.25. The van der Waals surface area contributed by atoms with Gasteiger partial charge in [-0.3, -0.25) is 0 Å². The van der Waals surface area contributed by atoms with Gasteiger partial charge in [0.1, 0.15) is 0 Å². The molecule has 118 valence electrons. The Balaban J connectivity index is 1.80. The first-order valence-electron chi connectivity index (χ1n) is 8.09. The summed E-state index contributed by atoms with van der Waals surface area (Å²) >= 11 is 1.71. The molecule has 1 heterocycles. The van der Waals surface area contributed by atoms with Gasteiger partial charge in [-0.25, -0.2) is 0 Å². The smallest absolute Gasteiger partial charge is 0.211 e. The highest BCUT2D eigenvalue weighted by Crippen LogP contribution is 2.36. The monoisotopic (exact) mass is 315 g/mol. The molecule has 1 aromatic carbocycles. The molecule has 3 nitrogen and oxygen atoms in total. The van der Waals surface area contributed by atoms with Gasteiger partial charge in [-0.15, -0.1) is 5.10 Å². The molecular formula is C18H25N3S. The average molecular weight is 315 g/mol. The van der Waals surface area contributed by atoms with Gasteiger partial charge >= 0.3 is 0 Å². The molecule has 1 aliphatic rings. The summed E-state index contributed by atoms with van der Waals surface area (Å²) in [6.07, 6.45) is 4.69. The van der Waals surface area contributed by atoms with E-state index in [0.717, 1.165) is 23.6 Å². The van der Waals surface area contributed by atoms with Crippen LogP contribution in [-0.4, -0.2) is 10.3 Å². The highest BCUT2D eigenvalue weighted by Gasteiger charge is 2.27. The molecule has 1 fully saturated rings. The van der Waals surface area contributed by atoms with Gasteiger partial charge < -0.3 is 4.57 Å². The number of fused-ring (bicyclic) bond motifs is 1. The maximum absolute atomic E-state index is 4.56. The molecule has 0 radical (unpaired) electrons. The Kier molecular flexibility index (Phi) is 4.22. The molecular weight excluding hydrogens is 290 g/mol. The first-order chi connectivity index (χ1) is 10.4. The van der Waals surface area contributed by atoms with Crippen molar-refractivity contribution in [1.29, 1.82) is 0 Å². The van der Waals surface area contributed by atoms with E-state index in [9.17, 15) is 0 Å². The van der Waals surface area contributed by atoms with E-state index in [-0.39, 0.29) is 0 Å². The summed E-state index contributed by atoms with van der Waals surface area (Å²) in [5.41, 5.74) is 2.90. The standard InChI is InChI=1S/C18H25N3S/c1-18(2,3)13-9-11-14(12-10-13)19-20-17-21(4)15-7-5-6-8-16(15)22-17/h5-8,13H,9-12H2,1-4H3/b19-14?,20-17-. The molecule has 0 bridgehead atoms. The summed E-state index contributed by atoms with van der Waals surface area (Å²) in [7, 11) is 2.06. The van der Waals surface area contributed by atoms with Crippen molar-refractivity contribution in [2.75, 3.05) is 0 Å². The van der Waals surface area contributed by atoms with Crippen LogP contribution in [0.4, 0.5) is 0 Å².